The second-order valence-corrected chi connectivity index (χ2v) is 6.50. The lowest BCUT2D eigenvalue weighted by Crippen LogP contribution is -2.29. The minimum absolute atomic E-state index is 0.0146. The quantitative estimate of drug-likeness (QED) is 0.748. The molecule has 1 unspecified atom stereocenters. The first-order chi connectivity index (χ1) is 8.46. The van der Waals surface area contributed by atoms with Crippen molar-refractivity contribution in [3.63, 3.8) is 0 Å². The van der Waals surface area contributed by atoms with Gasteiger partial charge in [-0.2, -0.15) is 0 Å². The highest BCUT2D eigenvalue weighted by molar-refractivity contribution is 7.89. The maximum absolute atomic E-state index is 11.7. The fraction of sp³-hybridized carbons (Fsp3) is 0.500. The van der Waals surface area contributed by atoms with E-state index >= 15 is 0 Å². The summed E-state index contributed by atoms with van der Waals surface area (Å²) < 4.78 is 25.9. The zero-order valence-corrected chi connectivity index (χ0v) is 11.8. The topological polar surface area (TPSA) is 66.4 Å². The molecule has 0 radical (unpaired) electrons. The molecule has 0 bridgehead atoms. The Bertz CT molecular complexity index is 459. The summed E-state index contributed by atoms with van der Waals surface area (Å²) in [6, 6.07) is 7.12. The van der Waals surface area contributed by atoms with E-state index in [0.717, 1.165) is 11.1 Å². The lowest BCUT2D eigenvalue weighted by Gasteiger charge is -2.10. The molecule has 102 valence electrons. The maximum atomic E-state index is 11.7. The second kappa shape index (κ2) is 7.09. The molecule has 0 saturated heterocycles. The number of benzene rings is 1. The molecule has 0 aromatic heterocycles. The molecule has 2 N–H and O–H groups in total. The van der Waals surface area contributed by atoms with E-state index in [1.807, 2.05) is 0 Å². The van der Waals surface area contributed by atoms with Crippen molar-refractivity contribution in [3.8, 4) is 0 Å². The molecular weight excluding hydrogens is 274 g/mol. The van der Waals surface area contributed by atoms with Crippen LogP contribution in [0.15, 0.2) is 24.3 Å². The molecular formula is C12H18ClNO3S. The number of halogens is 1. The highest BCUT2D eigenvalue weighted by Crippen LogP contribution is 2.06. The molecule has 1 rings (SSSR count). The third-order valence-electron chi connectivity index (χ3n) is 2.47. The van der Waals surface area contributed by atoms with Crippen molar-refractivity contribution in [3.05, 3.63) is 35.4 Å². The average molecular weight is 292 g/mol. The molecule has 18 heavy (non-hydrogen) atoms. The van der Waals surface area contributed by atoms with Gasteiger partial charge in [-0.1, -0.05) is 31.2 Å². The minimum Gasteiger partial charge on any atom is -0.392 e. The van der Waals surface area contributed by atoms with Gasteiger partial charge in [0.15, 0.2) is 0 Å². The van der Waals surface area contributed by atoms with E-state index in [9.17, 15) is 8.42 Å². The van der Waals surface area contributed by atoms with Crippen molar-refractivity contribution in [2.24, 2.45) is 5.92 Å². The largest absolute Gasteiger partial charge is 0.392 e. The molecule has 1 aromatic carbocycles. The Hall–Kier alpha value is -0.620. The Kier molecular flexibility index (Phi) is 6.08. The van der Waals surface area contributed by atoms with Gasteiger partial charge in [0.1, 0.15) is 0 Å². The standard InChI is InChI=1S/C12H18ClNO3S/c1-10(6-13)9-18(16,17)14-7-11-2-4-12(8-15)5-3-11/h2-5,10,14-15H,6-9H2,1H3. The van der Waals surface area contributed by atoms with E-state index in [2.05, 4.69) is 4.72 Å². The molecule has 0 spiro atoms. The molecule has 0 aliphatic carbocycles. The number of sulfonamides is 1. The van der Waals surface area contributed by atoms with Crippen LogP contribution in [0.25, 0.3) is 0 Å². The molecule has 0 aliphatic rings. The predicted molar refractivity (Wildman–Crippen MR) is 72.9 cm³/mol. The number of alkyl halides is 1. The van der Waals surface area contributed by atoms with Crippen molar-refractivity contribution in [1.29, 1.82) is 0 Å². The van der Waals surface area contributed by atoms with Crippen LogP contribution in [0.2, 0.25) is 0 Å². The smallest absolute Gasteiger partial charge is 0.212 e. The molecule has 0 heterocycles. The Morgan fingerprint density at radius 3 is 2.33 bits per heavy atom. The van der Waals surface area contributed by atoms with E-state index in [0.29, 0.717) is 5.88 Å². The lowest BCUT2D eigenvalue weighted by atomic mass is 10.1. The normalized spacial score (nSPS) is 13.5. The Balaban J connectivity index is 2.53. The number of rotatable bonds is 7. The summed E-state index contributed by atoms with van der Waals surface area (Å²) in [5, 5.41) is 8.89. The van der Waals surface area contributed by atoms with Gasteiger partial charge < -0.3 is 5.11 Å². The SMILES string of the molecule is CC(CCl)CS(=O)(=O)NCc1ccc(CO)cc1. The van der Waals surface area contributed by atoms with Crippen LogP contribution in [-0.4, -0.2) is 25.2 Å². The molecule has 1 aromatic rings. The summed E-state index contributed by atoms with van der Waals surface area (Å²) in [4.78, 5) is 0. The molecule has 0 saturated carbocycles. The van der Waals surface area contributed by atoms with Gasteiger partial charge in [0.2, 0.25) is 10.0 Å². The lowest BCUT2D eigenvalue weighted by molar-refractivity contribution is 0.282. The first-order valence-electron chi connectivity index (χ1n) is 5.69. The van der Waals surface area contributed by atoms with E-state index in [4.69, 9.17) is 16.7 Å². The van der Waals surface area contributed by atoms with Gasteiger partial charge in [0, 0.05) is 12.4 Å². The molecule has 4 nitrogen and oxygen atoms in total. The summed E-state index contributed by atoms with van der Waals surface area (Å²) in [6.45, 7) is 2.03. The van der Waals surface area contributed by atoms with Crippen LogP contribution >= 0.6 is 11.6 Å². The fourth-order valence-corrected chi connectivity index (χ4v) is 3.04. The van der Waals surface area contributed by atoms with Crippen LogP contribution in [0, 0.1) is 5.92 Å². The number of hydrogen-bond donors (Lipinski definition) is 2. The van der Waals surface area contributed by atoms with Crippen LogP contribution in [0.5, 0.6) is 0 Å². The number of nitrogens with one attached hydrogen (secondary N) is 1. The van der Waals surface area contributed by atoms with Crippen molar-refractivity contribution in [2.75, 3.05) is 11.6 Å². The van der Waals surface area contributed by atoms with Gasteiger partial charge in [-0.15, -0.1) is 11.6 Å². The highest BCUT2D eigenvalue weighted by Gasteiger charge is 2.14. The number of aliphatic hydroxyl groups excluding tert-OH is 1. The number of hydrogen-bond acceptors (Lipinski definition) is 3. The number of aliphatic hydroxyl groups is 1. The van der Waals surface area contributed by atoms with Gasteiger partial charge >= 0.3 is 0 Å². The van der Waals surface area contributed by atoms with E-state index in [-0.39, 0.29) is 24.8 Å². The first kappa shape index (κ1) is 15.4. The van der Waals surface area contributed by atoms with Gasteiger partial charge in [-0.05, 0) is 17.0 Å². The summed E-state index contributed by atoms with van der Waals surface area (Å²) >= 11 is 5.59. The van der Waals surface area contributed by atoms with E-state index in [1.54, 1.807) is 31.2 Å². The third kappa shape index (κ3) is 5.35. The highest BCUT2D eigenvalue weighted by atomic mass is 35.5. The molecule has 6 heteroatoms. The Labute approximate surface area is 113 Å². The van der Waals surface area contributed by atoms with Gasteiger partial charge in [0.05, 0.1) is 12.4 Å². The van der Waals surface area contributed by atoms with E-state index in [1.165, 1.54) is 0 Å². The summed E-state index contributed by atoms with van der Waals surface area (Å²) in [6.07, 6.45) is 0. The summed E-state index contributed by atoms with van der Waals surface area (Å²) in [7, 11) is -3.29. The van der Waals surface area contributed by atoms with Crippen LogP contribution in [0.4, 0.5) is 0 Å². The van der Waals surface area contributed by atoms with Gasteiger partial charge in [0.25, 0.3) is 0 Å². The van der Waals surface area contributed by atoms with Crippen molar-refractivity contribution in [1.82, 2.24) is 4.72 Å². The van der Waals surface area contributed by atoms with Crippen LogP contribution in [0.1, 0.15) is 18.1 Å². The van der Waals surface area contributed by atoms with Crippen LogP contribution in [-0.2, 0) is 23.2 Å². The molecule has 0 aliphatic heterocycles. The second-order valence-electron chi connectivity index (χ2n) is 4.34. The van der Waals surface area contributed by atoms with E-state index < -0.39 is 10.0 Å². The fourth-order valence-electron chi connectivity index (χ4n) is 1.43. The van der Waals surface area contributed by atoms with Crippen molar-refractivity contribution < 1.29 is 13.5 Å². The van der Waals surface area contributed by atoms with Gasteiger partial charge in [-0.25, -0.2) is 13.1 Å². The molecule has 1 atom stereocenters. The average Bonchev–Trinajstić information content (AvgIpc) is 2.36. The third-order valence-corrected chi connectivity index (χ3v) is 4.59. The molecule has 0 amide bonds. The zero-order valence-electron chi connectivity index (χ0n) is 10.3. The first-order valence-corrected chi connectivity index (χ1v) is 7.87. The Morgan fingerprint density at radius 1 is 1.28 bits per heavy atom. The zero-order chi connectivity index (χ0) is 13.6. The predicted octanol–water partition coefficient (Wildman–Crippen LogP) is 1.47. The summed E-state index contributed by atoms with van der Waals surface area (Å²) in [5.74, 6) is 0.290. The Morgan fingerprint density at radius 2 is 1.83 bits per heavy atom. The minimum atomic E-state index is -3.29. The van der Waals surface area contributed by atoms with Gasteiger partial charge in [-0.3, -0.25) is 0 Å². The maximum Gasteiger partial charge on any atom is 0.212 e. The van der Waals surface area contributed by atoms with Crippen LogP contribution in [0.3, 0.4) is 0 Å². The van der Waals surface area contributed by atoms with Crippen LogP contribution < -0.4 is 4.72 Å². The van der Waals surface area contributed by atoms with Crippen molar-refractivity contribution >= 4 is 21.6 Å². The summed E-state index contributed by atoms with van der Waals surface area (Å²) in [5.41, 5.74) is 1.66. The molecule has 0 fully saturated rings. The monoisotopic (exact) mass is 291 g/mol. The van der Waals surface area contributed by atoms with Crippen molar-refractivity contribution in [2.45, 2.75) is 20.1 Å².